The van der Waals surface area contributed by atoms with Crippen LogP contribution < -0.4 is 5.73 Å². The zero-order chi connectivity index (χ0) is 8.15. The fourth-order valence-electron chi connectivity index (χ4n) is 0.355. The van der Waals surface area contributed by atoms with Gasteiger partial charge in [0.25, 0.3) is 0 Å². The predicted molar refractivity (Wildman–Crippen MR) is 33.8 cm³/mol. The fourth-order valence-corrected chi connectivity index (χ4v) is 0.913. The minimum absolute atomic E-state index is 0.0671. The third-order valence-corrected chi connectivity index (χ3v) is 1.55. The van der Waals surface area contributed by atoms with Crippen LogP contribution in [0.25, 0.3) is 0 Å². The van der Waals surface area contributed by atoms with Crippen LogP contribution in [-0.2, 0) is 24.1 Å². The number of nitrogens with two attached hydrogens (primary N) is 1. The van der Waals surface area contributed by atoms with Crippen molar-refractivity contribution >= 4 is 9.99 Å². The zero-order valence-electron chi connectivity index (χ0n) is 5.07. The summed E-state index contributed by atoms with van der Waals surface area (Å²) in [5.41, 5.74) is 5.32. The van der Waals surface area contributed by atoms with Gasteiger partial charge in [0, 0.05) is 0 Å². The molecule has 4 heteroatoms. The van der Waals surface area contributed by atoms with Gasteiger partial charge in [-0.05, 0) is 0 Å². The van der Waals surface area contributed by atoms with E-state index in [-0.39, 0.29) is 5.57 Å². The topological polar surface area (TPSA) is 63.3 Å². The van der Waals surface area contributed by atoms with E-state index in [9.17, 15) is 4.79 Å². The van der Waals surface area contributed by atoms with Crippen molar-refractivity contribution < 1.29 is 29.3 Å². The molecule has 54 valence electrons. The summed E-state index contributed by atoms with van der Waals surface area (Å²) < 4.78 is 0.328. The molecule has 0 aromatic carbocycles. The predicted octanol–water partition coefficient (Wildman–Crippen LogP) is -0.378. The van der Waals surface area contributed by atoms with E-state index in [2.05, 4.69) is 0 Å². The summed E-state index contributed by atoms with van der Waals surface area (Å²) in [4.78, 5) is 10.3. The van der Waals surface area contributed by atoms with Crippen LogP contribution in [0.1, 0.15) is 0 Å². The van der Waals surface area contributed by atoms with E-state index in [1.807, 2.05) is 0 Å². The van der Waals surface area contributed by atoms with Crippen molar-refractivity contribution in [1.82, 2.24) is 0 Å². The molecule has 0 unspecified atom stereocenters. The maximum atomic E-state index is 10.3. The molecule has 0 aliphatic rings. The first-order chi connectivity index (χ1) is 4.59. The molecule has 0 aromatic rings. The number of aliphatic carboxylic acids is 1. The molecule has 0 atom stereocenters. The van der Waals surface area contributed by atoms with Crippen molar-refractivity contribution in [1.29, 1.82) is 0 Å². The maximum absolute atomic E-state index is 10.3. The molecular formula is C6H6NO2W-. The summed E-state index contributed by atoms with van der Waals surface area (Å²) >= 11 is 0.922. The number of allylic oxidation sites excluding steroid dienone is 2. The fraction of sp³-hybridized carbons (Fsp3) is 0. The summed E-state index contributed by atoms with van der Waals surface area (Å²) in [6, 6.07) is 0. The Kier molecular flexibility index (Phi) is 4.08. The van der Waals surface area contributed by atoms with Gasteiger partial charge in [-0.1, -0.05) is 0 Å². The Balaban J connectivity index is 4.58. The van der Waals surface area contributed by atoms with Crippen LogP contribution >= 0.6 is 0 Å². The van der Waals surface area contributed by atoms with Gasteiger partial charge in [-0.3, -0.25) is 0 Å². The van der Waals surface area contributed by atoms with Gasteiger partial charge in [-0.2, -0.15) is 0 Å². The SMILES string of the molecule is [CH-]=C/C=C(/C(=O)O)[C](N)=[W]. The molecule has 0 aliphatic heterocycles. The standard InChI is InChI=1S/C6H6NO2.W/c1-2-3-5(4-7)6(8)9;/h1-3H,7H2,(H,8,9);/q-1;/b5-3+;. The first kappa shape index (κ1) is 9.47. The molecular weight excluding hydrogens is 302 g/mol. The molecule has 0 heterocycles. The molecule has 0 bridgehead atoms. The third-order valence-electron chi connectivity index (χ3n) is 0.759. The van der Waals surface area contributed by atoms with Gasteiger partial charge in [-0.25, -0.2) is 0 Å². The van der Waals surface area contributed by atoms with E-state index >= 15 is 0 Å². The summed E-state index contributed by atoms with van der Waals surface area (Å²) in [7, 11) is 0. The summed E-state index contributed by atoms with van der Waals surface area (Å²) in [5.74, 6) is -1.05. The molecule has 0 aliphatic carbocycles. The Morgan fingerprint density at radius 2 is 2.20 bits per heavy atom. The van der Waals surface area contributed by atoms with Crippen molar-refractivity contribution in [2.45, 2.75) is 0 Å². The molecule has 0 radical (unpaired) electrons. The van der Waals surface area contributed by atoms with E-state index in [0.29, 0.717) is 4.02 Å². The van der Waals surface area contributed by atoms with Crippen molar-refractivity contribution in [3.8, 4) is 0 Å². The van der Waals surface area contributed by atoms with Gasteiger partial charge in [0.1, 0.15) is 0 Å². The second kappa shape index (κ2) is 4.31. The molecule has 0 amide bonds. The number of carboxylic acids is 1. The second-order valence-corrected chi connectivity index (χ2v) is 3.02. The molecule has 0 rings (SSSR count). The first-order valence-electron chi connectivity index (χ1n) is 2.38. The first-order valence-corrected chi connectivity index (χ1v) is 3.84. The average Bonchev–Trinajstić information content (AvgIpc) is 1.81. The van der Waals surface area contributed by atoms with Crippen LogP contribution in [0.4, 0.5) is 0 Å². The second-order valence-electron chi connectivity index (χ2n) is 1.44. The van der Waals surface area contributed by atoms with Crippen molar-refractivity contribution in [2.24, 2.45) is 5.73 Å². The average molecular weight is 308 g/mol. The molecule has 0 aromatic heterocycles. The van der Waals surface area contributed by atoms with Crippen molar-refractivity contribution in [2.75, 3.05) is 0 Å². The van der Waals surface area contributed by atoms with Gasteiger partial charge in [0.15, 0.2) is 0 Å². The monoisotopic (exact) mass is 308 g/mol. The van der Waals surface area contributed by atoms with Gasteiger partial charge >= 0.3 is 69.3 Å². The minimum atomic E-state index is -1.05. The Morgan fingerprint density at radius 1 is 1.70 bits per heavy atom. The molecule has 0 saturated carbocycles. The van der Waals surface area contributed by atoms with Gasteiger partial charge < -0.3 is 0 Å². The molecule has 3 nitrogen and oxygen atoms in total. The summed E-state index contributed by atoms with van der Waals surface area (Å²) in [6.45, 7) is 4.98. The normalized spacial score (nSPS) is 10.7. The molecule has 3 N–H and O–H groups in total. The Labute approximate surface area is 69.6 Å². The summed E-state index contributed by atoms with van der Waals surface area (Å²) in [5, 5.41) is 8.44. The van der Waals surface area contributed by atoms with Gasteiger partial charge in [0.05, 0.1) is 0 Å². The zero-order valence-corrected chi connectivity index (χ0v) is 8.01. The van der Waals surface area contributed by atoms with E-state index in [1.54, 1.807) is 0 Å². The van der Waals surface area contributed by atoms with Crippen LogP contribution in [0.15, 0.2) is 17.7 Å². The van der Waals surface area contributed by atoms with E-state index in [1.165, 1.54) is 6.08 Å². The number of hydrogen-bond acceptors (Lipinski definition) is 2. The van der Waals surface area contributed by atoms with Crippen molar-refractivity contribution in [3.63, 3.8) is 0 Å². The van der Waals surface area contributed by atoms with Gasteiger partial charge in [0.2, 0.25) is 0 Å². The van der Waals surface area contributed by atoms with Crippen LogP contribution in [0.5, 0.6) is 0 Å². The summed E-state index contributed by atoms with van der Waals surface area (Å²) in [6.07, 6.45) is 2.42. The van der Waals surface area contributed by atoms with E-state index < -0.39 is 5.97 Å². The van der Waals surface area contributed by atoms with E-state index in [4.69, 9.17) is 17.4 Å². The molecule has 0 spiro atoms. The van der Waals surface area contributed by atoms with Crippen LogP contribution in [0.3, 0.4) is 0 Å². The van der Waals surface area contributed by atoms with Gasteiger partial charge in [-0.15, -0.1) is 0 Å². The Hall–Kier alpha value is -0.532. The van der Waals surface area contributed by atoms with Crippen LogP contribution in [0, 0.1) is 6.58 Å². The number of hydrogen-bond donors (Lipinski definition) is 2. The van der Waals surface area contributed by atoms with Crippen LogP contribution in [-0.4, -0.2) is 15.1 Å². The molecule has 0 saturated heterocycles. The third kappa shape index (κ3) is 2.85. The number of rotatable bonds is 3. The molecule has 0 fully saturated rings. The molecule has 10 heavy (non-hydrogen) atoms. The number of carbonyl (C=O) groups is 1. The Morgan fingerprint density at radius 3 is 2.30 bits per heavy atom. The Bertz CT molecular complexity index is 192. The van der Waals surface area contributed by atoms with Crippen LogP contribution in [0.2, 0.25) is 0 Å². The number of carboxylic acid groups (broad SMARTS) is 1. The quantitative estimate of drug-likeness (QED) is 0.424. The van der Waals surface area contributed by atoms with Crippen molar-refractivity contribution in [3.05, 3.63) is 24.3 Å². The van der Waals surface area contributed by atoms with E-state index in [0.717, 1.165) is 25.4 Å².